The van der Waals surface area contributed by atoms with Gasteiger partial charge in [-0.15, -0.1) is 0 Å². The summed E-state index contributed by atoms with van der Waals surface area (Å²) in [5.41, 5.74) is 2.83. The van der Waals surface area contributed by atoms with Crippen LogP contribution in [0.1, 0.15) is 64.5 Å². The molecule has 2 heteroatoms. The van der Waals surface area contributed by atoms with Crippen LogP contribution in [0.5, 0.6) is 0 Å². The largest absolute Gasteiger partial charge is 0.374 e. The van der Waals surface area contributed by atoms with Crippen molar-refractivity contribution in [1.29, 1.82) is 0 Å². The van der Waals surface area contributed by atoms with E-state index >= 15 is 0 Å². The Kier molecular flexibility index (Phi) is 5.83. The van der Waals surface area contributed by atoms with Gasteiger partial charge in [0.15, 0.2) is 0 Å². The summed E-state index contributed by atoms with van der Waals surface area (Å²) in [5.74, 6) is 0.821. The molecule has 1 fully saturated rings. The van der Waals surface area contributed by atoms with E-state index in [0.717, 1.165) is 19.1 Å². The number of ether oxygens (including phenoxy) is 1. The van der Waals surface area contributed by atoms with Crippen molar-refractivity contribution in [1.82, 2.24) is 5.32 Å². The quantitative estimate of drug-likeness (QED) is 0.850. The zero-order valence-corrected chi connectivity index (χ0v) is 14.1. The molecule has 2 atom stereocenters. The van der Waals surface area contributed by atoms with Gasteiger partial charge in [0.2, 0.25) is 0 Å². The maximum atomic E-state index is 6.18. The third kappa shape index (κ3) is 5.80. The molecule has 0 bridgehead atoms. The Hall–Kier alpha value is -0.860. The van der Waals surface area contributed by atoms with Gasteiger partial charge in [-0.1, -0.05) is 44.0 Å². The molecule has 2 nitrogen and oxygen atoms in total. The molecule has 0 heterocycles. The Morgan fingerprint density at radius 3 is 2.52 bits per heavy atom. The van der Waals surface area contributed by atoms with Gasteiger partial charge in [0.1, 0.15) is 0 Å². The van der Waals surface area contributed by atoms with E-state index in [4.69, 9.17) is 4.74 Å². The predicted molar refractivity (Wildman–Crippen MR) is 89.2 cm³/mol. The molecule has 0 radical (unpaired) electrons. The van der Waals surface area contributed by atoms with Crippen LogP contribution in [0.3, 0.4) is 0 Å². The highest BCUT2D eigenvalue weighted by Crippen LogP contribution is 2.26. The van der Waals surface area contributed by atoms with E-state index in [1.807, 2.05) is 0 Å². The molecule has 1 aliphatic rings. The van der Waals surface area contributed by atoms with Crippen molar-refractivity contribution in [3.63, 3.8) is 0 Å². The van der Waals surface area contributed by atoms with Gasteiger partial charge >= 0.3 is 0 Å². The summed E-state index contributed by atoms with van der Waals surface area (Å²) >= 11 is 0. The molecular weight excluding hydrogens is 258 g/mol. The molecule has 118 valence electrons. The monoisotopic (exact) mass is 289 g/mol. The molecule has 1 N–H and O–H groups in total. The zero-order chi connectivity index (χ0) is 15.3. The van der Waals surface area contributed by atoms with E-state index in [9.17, 15) is 0 Å². The van der Waals surface area contributed by atoms with E-state index in [1.165, 1.54) is 36.8 Å². The van der Waals surface area contributed by atoms with Gasteiger partial charge in [-0.3, -0.25) is 0 Å². The first-order valence-corrected chi connectivity index (χ1v) is 8.37. The third-order valence-electron chi connectivity index (χ3n) is 4.29. The first kappa shape index (κ1) is 16.5. The van der Waals surface area contributed by atoms with Crippen LogP contribution < -0.4 is 5.32 Å². The van der Waals surface area contributed by atoms with Crippen LogP contribution in [-0.2, 0) is 17.9 Å². The lowest BCUT2D eigenvalue weighted by Gasteiger charge is -2.27. The Morgan fingerprint density at radius 2 is 1.86 bits per heavy atom. The Morgan fingerprint density at radius 1 is 1.14 bits per heavy atom. The molecule has 1 aromatic carbocycles. The van der Waals surface area contributed by atoms with E-state index in [1.54, 1.807) is 0 Å². The normalized spacial score (nSPS) is 23.2. The number of hydrogen-bond donors (Lipinski definition) is 1. The first-order chi connectivity index (χ1) is 9.94. The highest BCUT2D eigenvalue weighted by molar-refractivity contribution is 5.26. The number of benzene rings is 1. The summed E-state index contributed by atoms with van der Waals surface area (Å²) in [6.07, 6.45) is 5.59. The minimum absolute atomic E-state index is 0.146. The fourth-order valence-electron chi connectivity index (χ4n) is 2.97. The highest BCUT2D eigenvalue weighted by atomic mass is 16.5. The maximum absolute atomic E-state index is 6.18. The van der Waals surface area contributed by atoms with Crippen LogP contribution in [-0.4, -0.2) is 11.6 Å². The minimum Gasteiger partial charge on any atom is -0.374 e. The van der Waals surface area contributed by atoms with E-state index < -0.39 is 0 Å². The van der Waals surface area contributed by atoms with Gasteiger partial charge in [-0.2, -0.15) is 0 Å². The average molecular weight is 289 g/mol. The van der Waals surface area contributed by atoms with E-state index in [-0.39, 0.29) is 5.54 Å². The van der Waals surface area contributed by atoms with Crippen molar-refractivity contribution in [2.75, 3.05) is 0 Å². The highest BCUT2D eigenvalue weighted by Gasteiger charge is 2.19. The SMILES string of the molecule is CC1CCCC(OCc2ccccc2CNC(C)(C)C)C1. The Labute approximate surface area is 130 Å². The standard InChI is InChI=1S/C19H31NO/c1-15-8-7-11-18(12-15)21-14-17-10-6-5-9-16(17)13-20-19(2,3)4/h5-6,9-10,15,18,20H,7-8,11-14H2,1-4H3. The molecule has 2 rings (SSSR count). The van der Waals surface area contributed by atoms with Crippen LogP contribution in [0.2, 0.25) is 0 Å². The summed E-state index contributed by atoms with van der Waals surface area (Å²) in [4.78, 5) is 0. The van der Waals surface area contributed by atoms with E-state index in [2.05, 4.69) is 57.3 Å². The number of rotatable bonds is 5. The molecule has 2 unspecified atom stereocenters. The Bertz CT molecular complexity index is 435. The van der Waals surface area contributed by atoms with Crippen molar-refractivity contribution >= 4 is 0 Å². The summed E-state index contributed by atoms with van der Waals surface area (Å²) in [6.45, 7) is 10.6. The summed E-state index contributed by atoms with van der Waals surface area (Å²) < 4.78 is 6.18. The second-order valence-electron chi connectivity index (χ2n) is 7.58. The topological polar surface area (TPSA) is 21.3 Å². The number of nitrogens with one attached hydrogen (secondary N) is 1. The van der Waals surface area contributed by atoms with Crippen molar-refractivity contribution in [2.45, 2.75) is 78.2 Å². The van der Waals surface area contributed by atoms with Crippen LogP contribution in [0.25, 0.3) is 0 Å². The molecule has 0 amide bonds. The second-order valence-corrected chi connectivity index (χ2v) is 7.58. The smallest absolute Gasteiger partial charge is 0.0723 e. The second kappa shape index (κ2) is 7.42. The zero-order valence-electron chi connectivity index (χ0n) is 14.1. The molecular formula is C19H31NO. The Balaban J connectivity index is 1.90. The summed E-state index contributed by atoms with van der Waals surface area (Å²) in [6, 6.07) is 8.64. The molecule has 1 aromatic rings. The van der Waals surface area contributed by atoms with Crippen LogP contribution in [0.15, 0.2) is 24.3 Å². The third-order valence-corrected chi connectivity index (χ3v) is 4.29. The lowest BCUT2D eigenvalue weighted by molar-refractivity contribution is 0.00433. The average Bonchev–Trinajstić information content (AvgIpc) is 2.43. The van der Waals surface area contributed by atoms with Crippen LogP contribution in [0, 0.1) is 5.92 Å². The molecule has 1 saturated carbocycles. The minimum atomic E-state index is 0.146. The summed E-state index contributed by atoms with van der Waals surface area (Å²) in [7, 11) is 0. The van der Waals surface area contributed by atoms with Crippen molar-refractivity contribution in [3.8, 4) is 0 Å². The molecule has 0 aliphatic heterocycles. The number of hydrogen-bond acceptors (Lipinski definition) is 2. The molecule has 1 aliphatic carbocycles. The fraction of sp³-hybridized carbons (Fsp3) is 0.684. The van der Waals surface area contributed by atoms with Crippen molar-refractivity contribution < 1.29 is 4.74 Å². The van der Waals surface area contributed by atoms with Crippen LogP contribution in [0.4, 0.5) is 0 Å². The van der Waals surface area contributed by atoms with Gasteiger partial charge < -0.3 is 10.1 Å². The van der Waals surface area contributed by atoms with Crippen LogP contribution >= 0.6 is 0 Å². The predicted octanol–water partition coefficient (Wildman–Crippen LogP) is 4.67. The van der Waals surface area contributed by atoms with E-state index in [0.29, 0.717) is 6.10 Å². The van der Waals surface area contributed by atoms with Crippen molar-refractivity contribution in [3.05, 3.63) is 35.4 Å². The van der Waals surface area contributed by atoms with Gasteiger partial charge in [-0.05, 0) is 50.7 Å². The lowest BCUT2D eigenvalue weighted by Crippen LogP contribution is -2.35. The lowest BCUT2D eigenvalue weighted by atomic mass is 9.89. The summed E-state index contributed by atoms with van der Waals surface area (Å²) in [5, 5.41) is 3.57. The van der Waals surface area contributed by atoms with Gasteiger partial charge in [0.25, 0.3) is 0 Å². The van der Waals surface area contributed by atoms with Crippen molar-refractivity contribution in [2.24, 2.45) is 5.92 Å². The molecule has 0 spiro atoms. The molecule has 0 saturated heterocycles. The fourth-order valence-corrected chi connectivity index (χ4v) is 2.97. The molecule has 21 heavy (non-hydrogen) atoms. The van der Waals surface area contributed by atoms with Gasteiger partial charge in [0.05, 0.1) is 12.7 Å². The van der Waals surface area contributed by atoms with Gasteiger partial charge in [0, 0.05) is 12.1 Å². The first-order valence-electron chi connectivity index (χ1n) is 8.37. The van der Waals surface area contributed by atoms with Gasteiger partial charge in [-0.25, -0.2) is 0 Å². The molecule has 0 aromatic heterocycles. The maximum Gasteiger partial charge on any atom is 0.0723 e.